The lowest BCUT2D eigenvalue weighted by molar-refractivity contribution is 0.404. The summed E-state index contributed by atoms with van der Waals surface area (Å²) in [5, 5.41) is 0. The van der Waals surface area contributed by atoms with Crippen molar-refractivity contribution in [1.29, 1.82) is 0 Å². The summed E-state index contributed by atoms with van der Waals surface area (Å²) < 4.78 is 27.1. The largest absolute Gasteiger partial charge is 0.329 e. The first-order valence-electron chi connectivity index (χ1n) is 4.58. The maximum absolute atomic E-state index is 11.6. The monoisotopic (exact) mass is 207 g/mol. The molecular weight excluding hydrogens is 190 g/mol. The summed E-state index contributed by atoms with van der Waals surface area (Å²) >= 11 is 0. The average Bonchev–Trinajstić information content (AvgIpc) is 2.82. The Balaban J connectivity index is 2.61. The average molecular weight is 207 g/mol. The van der Waals surface area contributed by atoms with Crippen molar-refractivity contribution in [2.24, 2.45) is 5.73 Å². The van der Waals surface area contributed by atoms with Crippen molar-refractivity contribution in [3.63, 3.8) is 0 Å². The molecule has 0 saturated heterocycles. The molecule has 0 spiro atoms. The SMILES string of the molecule is CCNS(=O)(=O)N(CCN)C1CC1. The summed E-state index contributed by atoms with van der Waals surface area (Å²) in [5.41, 5.74) is 5.35. The van der Waals surface area contributed by atoms with Gasteiger partial charge in [0.25, 0.3) is 10.2 Å². The van der Waals surface area contributed by atoms with Gasteiger partial charge in [0.05, 0.1) is 0 Å². The molecule has 0 aromatic heterocycles. The molecular formula is C7H17N3O2S. The van der Waals surface area contributed by atoms with Crippen molar-refractivity contribution in [3.05, 3.63) is 0 Å². The Bertz CT molecular complexity index is 248. The maximum Gasteiger partial charge on any atom is 0.279 e. The van der Waals surface area contributed by atoms with Gasteiger partial charge in [-0.25, -0.2) is 4.72 Å². The highest BCUT2D eigenvalue weighted by atomic mass is 32.2. The minimum absolute atomic E-state index is 0.188. The van der Waals surface area contributed by atoms with Crippen LogP contribution >= 0.6 is 0 Å². The molecule has 5 nitrogen and oxygen atoms in total. The van der Waals surface area contributed by atoms with E-state index in [0.717, 1.165) is 12.8 Å². The van der Waals surface area contributed by atoms with Crippen LogP contribution in [0.5, 0.6) is 0 Å². The van der Waals surface area contributed by atoms with Crippen LogP contribution in [0.2, 0.25) is 0 Å². The van der Waals surface area contributed by atoms with Gasteiger partial charge in [-0.2, -0.15) is 12.7 Å². The van der Waals surface area contributed by atoms with Gasteiger partial charge in [-0.05, 0) is 12.8 Å². The van der Waals surface area contributed by atoms with Crippen molar-refractivity contribution < 1.29 is 8.42 Å². The highest BCUT2D eigenvalue weighted by Gasteiger charge is 2.35. The molecule has 0 radical (unpaired) electrons. The Morgan fingerprint density at radius 1 is 1.54 bits per heavy atom. The second-order valence-electron chi connectivity index (χ2n) is 3.13. The van der Waals surface area contributed by atoms with E-state index in [1.807, 2.05) is 0 Å². The van der Waals surface area contributed by atoms with E-state index in [0.29, 0.717) is 19.6 Å². The van der Waals surface area contributed by atoms with E-state index in [1.54, 1.807) is 6.92 Å². The first-order chi connectivity index (χ1) is 6.11. The van der Waals surface area contributed by atoms with Gasteiger partial charge < -0.3 is 5.73 Å². The number of rotatable bonds is 6. The number of nitrogens with two attached hydrogens (primary N) is 1. The normalized spacial score (nSPS) is 18.1. The van der Waals surface area contributed by atoms with Crippen LogP contribution < -0.4 is 10.5 Å². The number of hydrogen-bond acceptors (Lipinski definition) is 3. The Hall–Kier alpha value is -0.170. The van der Waals surface area contributed by atoms with E-state index in [2.05, 4.69) is 4.72 Å². The van der Waals surface area contributed by atoms with Crippen molar-refractivity contribution in [2.75, 3.05) is 19.6 Å². The molecule has 0 bridgehead atoms. The van der Waals surface area contributed by atoms with E-state index >= 15 is 0 Å². The zero-order valence-corrected chi connectivity index (χ0v) is 8.68. The van der Waals surface area contributed by atoms with Crippen LogP contribution in [-0.4, -0.2) is 38.4 Å². The molecule has 6 heteroatoms. The van der Waals surface area contributed by atoms with E-state index in [9.17, 15) is 8.42 Å². The molecule has 0 unspecified atom stereocenters. The highest BCUT2D eigenvalue weighted by Crippen LogP contribution is 2.28. The molecule has 78 valence electrons. The van der Waals surface area contributed by atoms with Gasteiger partial charge in [-0.1, -0.05) is 6.92 Å². The minimum atomic E-state index is -3.27. The Kier molecular flexibility index (Phi) is 3.66. The standard InChI is InChI=1S/C7H17N3O2S/c1-2-9-13(11,12)10(6-5-8)7-3-4-7/h7,9H,2-6,8H2,1H3. The molecule has 0 heterocycles. The molecule has 0 aliphatic heterocycles. The third kappa shape index (κ3) is 2.91. The van der Waals surface area contributed by atoms with Crippen LogP contribution in [0.1, 0.15) is 19.8 Å². The van der Waals surface area contributed by atoms with Crippen molar-refractivity contribution in [2.45, 2.75) is 25.8 Å². The third-order valence-corrected chi connectivity index (χ3v) is 3.69. The Morgan fingerprint density at radius 2 is 2.15 bits per heavy atom. The molecule has 1 fully saturated rings. The fraction of sp³-hybridized carbons (Fsp3) is 1.00. The predicted octanol–water partition coefficient (Wildman–Crippen LogP) is -0.736. The molecule has 3 N–H and O–H groups in total. The van der Waals surface area contributed by atoms with Crippen LogP contribution in [0.3, 0.4) is 0 Å². The van der Waals surface area contributed by atoms with E-state index in [-0.39, 0.29) is 6.04 Å². The van der Waals surface area contributed by atoms with Gasteiger partial charge in [0.1, 0.15) is 0 Å². The van der Waals surface area contributed by atoms with Crippen LogP contribution in [0.25, 0.3) is 0 Å². The number of nitrogens with one attached hydrogen (secondary N) is 1. The quantitative estimate of drug-likeness (QED) is 0.602. The summed E-state index contributed by atoms with van der Waals surface area (Å²) in [6.07, 6.45) is 1.93. The molecule has 1 saturated carbocycles. The zero-order chi connectivity index (χ0) is 9.90. The maximum atomic E-state index is 11.6. The summed E-state index contributed by atoms with van der Waals surface area (Å²) in [7, 11) is -3.27. The molecule has 0 aromatic rings. The van der Waals surface area contributed by atoms with E-state index in [4.69, 9.17) is 5.73 Å². The molecule has 0 amide bonds. The lowest BCUT2D eigenvalue weighted by atomic mass is 10.6. The predicted molar refractivity (Wildman–Crippen MR) is 51.4 cm³/mol. The van der Waals surface area contributed by atoms with Crippen LogP contribution in [0, 0.1) is 0 Å². The number of hydrogen-bond donors (Lipinski definition) is 2. The summed E-state index contributed by atoms with van der Waals surface area (Å²) in [6.45, 7) is 2.99. The second-order valence-corrected chi connectivity index (χ2v) is 4.84. The topological polar surface area (TPSA) is 75.4 Å². The Morgan fingerprint density at radius 3 is 2.54 bits per heavy atom. The van der Waals surface area contributed by atoms with Gasteiger partial charge in [0.2, 0.25) is 0 Å². The van der Waals surface area contributed by atoms with Crippen LogP contribution in [0.15, 0.2) is 0 Å². The highest BCUT2D eigenvalue weighted by molar-refractivity contribution is 7.87. The van der Waals surface area contributed by atoms with Gasteiger partial charge in [0.15, 0.2) is 0 Å². The second kappa shape index (κ2) is 4.36. The summed E-state index contributed by atoms with van der Waals surface area (Å²) in [4.78, 5) is 0. The van der Waals surface area contributed by atoms with Crippen molar-refractivity contribution >= 4 is 10.2 Å². The van der Waals surface area contributed by atoms with E-state index < -0.39 is 10.2 Å². The third-order valence-electron chi connectivity index (χ3n) is 1.94. The molecule has 0 aromatic carbocycles. The van der Waals surface area contributed by atoms with Crippen molar-refractivity contribution in [3.8, 4) is 0 Å². The smallest absolute Gasteiger partial charge is 0.279 e. The zero-order valence-electron chi connectivity index (χ0n) is 7.86. The molecule has 1 rings (SSSR count). The molecule has 13 heavy (non-hydrogen) atoms. The molecule has 1 aliphatic carbocycles. The first kappa shape index (κ1) is 10.9. The lowest BCUT2D eigenvalue weighted by Crippen LogP contribution is -2.44. The van der Waals surface area contributed by atoms with Gasteiger partial charge >= 0.3 is 0 Å². The van der Waals surface area contributed by atoms with E-state index in [1.165, 1.54) is 4.31 Å². The fourth-order valence-corrected chi connectivity index (χ4v) is 2.73. The summed E-state index contributed by atoms with van der Waals surface area (Å²) in [6, 6.07) is 0.188. The lowest BCUT2D eigenvalue weighted by Gasteiger charge is -2.20. The van der Waals surface area contributed by atoms with Crippen molar-refractivity contribution in [1.82, 2.24) is 9.03 Å². The van der Waals surface area contributed by atoms with Gasteiger partial charge in [0, 0.05) is 25.7 Å². The van der Waals surface area contributed by atoms with Crippen LogP contribution in [0.4, 0.5) is 0 Å². The van der Waals surface area contributed by atoms with Gasteiger partial charge in [-0.15, -0.1) is 0 Å². The number of nitrogens with zero attached hydrogens (tertiary/aromatic N) is 1. The molecule has 0 atom stereocenters. The first-order valence-corrected chi connectivity index (χ1v) is 6.02. The summed E-state index contributed by atoms with van der Waals surface area (Å²) in [5.74, 6) is 0. The van der Waals surface area contributed by atoms with Gasteiger partial charge in [-0.3, -0.25) is 0 Å². The van der Waals surface area contributed by atoms with Crippen LogP contribution in [-0.2, 0) is 10.2 Å². The Labute approximate surface area is 79.5 Å². The minimum Gasteiger partial charge on any atom is -0.329 e. The fourth-order valence-electron chi connectivity index (χ4n) is 1.25. The molecule has 1 aliphatic rings.